The van der Waals surface area contributed by atoms with Gasteiger partial charge in [-0.05, 0) is 56.1 Å². The highest BCUT2D eigenvalue weighted by molar-refractivity contribution is 9.11. The molecule has 0 aliphatic heterocycles. The fourth-order valence-electron chi connectivity index (χ4n) is 1.47. The van der Waals surface area contributed by atoms with Crippen LogP contribution < -0.4 is 10.5 Å². The van der Waals surface area contributed by atoms with Gasteiger partial charge in [0.05, 0.1) is 8.26 Å². The van der Waals surface area contributed by atoms with Gasteiger partial charge >= 0.3 is 0 Å². The van der Waals surface area contributed by atoms with Crippen molar-refractivity contribution < 1.29 is 12.8 Å². The van der Waals surface area contributed by atoms with Gasteiger partial charge in [0.1, 0.15) is 4.90 Å². The van der Waals surface area contributed by atoms with Crippen molar-refractivity contribution in [3.05, 3.63) is 43.2 Å². The van der Waals surface area contributed by atoms with Gasteiger partial charge in [0.15, 0.2) is 5.82 Å². The lowest BCUT2D eigenvalue weighted by atomic mass is 10.3. The van der Waals surface area contributed by atoms with E-state index >= 15 is 0 Å². The van der Waals surface area contributed by atoms with Gasteiger partial charge in [-0.3, -0.25) is 0 Å². The van der Waals surface area contributed by atoms with E-state index in [1.54, 1.807) is 6.07 Å². The average Bonchev–Trinajstić information content (AvgIpc) is 2.77. The molecule has 9 heteroatoms. The molecule has 0 saturated carbocycles. The number of sulfonamides is 1. The minimum absolute atomic E-state index is 0.0109. The van der Waals surface area contributed by atoms with Crippen LogP contribution in [0.5, 0.6) is 0 Å². The predicted molar refractivity (Wildman–Crippen MR) is 84.6 cm³/mol. The van der Waals surface area contributed by atoms with Crippen LogP contribution in [0.4, 0.5) is 10.1 Å². The largest absolute Gasteiger partial charge is 0.399 e. The van der Waals surface area contributed by atoms with Crippen LogP contribution in [-0.4, -0.2) is 8.42 Å². The molecular formula is C11H9Br2FN2O2S2. The van der Waals surface area contributed by atoms with Gasteiger partial charge in [-0.15, -0.1) is 11.3 Å². The van der Waals surface area contributed by atoms with Gasteiger partial charge in [0, 0.05) is 17.1 Å². The number of nitrogen functional groups attached to an aromatic ring is 1. The van der Waals surface area contributed by atoms with Crippen LogP contribution in [0, 0.1) is 5.82 Å². The van der Waals surface area contributed by atoms with Crippen LogP contribution >= 0.6 is 43.2 Å². The highest BCUT2D eigenvalue weighted by atomic mass is 79.9. The van der Waals surface area contributed by atoms with Crippen molar-refractivity contribution in [1.29, 1.82) is 0 Å². The van der Waals surface area contributed by atoms with Gasteiger partial charge < -0.3 is 5.73 Å². The molecule has 0 atom stereocenters. The standard InChI is InChI=1S/C11H9Br2FN2O2S2/c12-8-3-6(15)4-9(11(8)14)20(17,18)16-5-7-1-2-10(13)19-7/h1-4,16H,5,15H2. The normalized spacial score (nSPS) is 11.8. The number of rotatable bonds is 4. The molecule has 0 aliphatic rings. The Balaban J connectivity index is 2.27. The van der Waals surface area contributed by atoms with Crippen LogP contribution in [0.3, 0.4) is 0 Å². The Morgan fingerprint density at radius 2 is 2.00 bits per heavy atom. The summed E-state index contributed by atoms with van der Waals surface area (Å²) < 4.78 is 41.3. The fraction of sp³-hybridized carbons (Fsp3) is 0.0909. The topological polar surface area (TPSA) is 72.2 Å². The molecular weight excluding hydrogens is 435 g/mol. The molecule has 1 heterocycles. The van der Waals surface area contributed by atoms with E-state index in [9.17, 15) is 12.8 Å². The lowest BCUT2D eigenvalue weighted by Gasteiger charge is -2.09. The summed E-state index contributed by atoms with van der Waals surface area (Å²) in [6.07, 6.45) is 0. The Kier molecular flexibility index (Phi) is 4.85. The van der Waals surface area contributed by atoms with E-state index in [0.29, 0.717) is 0 Å². The zero-order valence-corrected chi connectivity index (χ0v) is 14.7. The van der Waals surface area contributed by atoms with Crippen LogP contribution in [0.15, 0.2) is 37.4 Å². The highest BCUT2D eigenvalue weighted by Crippen LogP contribution is 2.27. The summed E-state index contributed by atoms with van der Waals surface area (Å²) in [5.41, 5.74) is 5.71. The smallest absolute Gasteiger partial charge is 0.243 e. The fourth-order valence-corrected chi connectivity index (χ4v) is 4.73. The molecule has 2 rings (SSSR count). The minimum atomic E-state index is -3.97. The molecule has 0 amide bonds. The Labute approximate surface area is 136 Å². The summed E-state index contributed by atoms with van der Waals surface area (Å²) >= 11 is 7.62. The number of anilines is 1. The van der Waals surface area contributed by atoms with Crippen molar-refractivity contribution in [2.24, 2.45) is 0 Å². The maximum Gasteiger partial charge on any atom is 0.243 e. The summed E-state index contributed by atoms with van der Waals surface area (Å²) in [7, 11) is -3.97. The number of hydrogen-bond donors (Lipinski definition) is 2. The highest BCUT2D eigenvalue weighted by Gasteiger charge is 2.21. The van der Waals surface area contributed by atoms with Crippen LogP contribution in [-0.2, 0) is 16.6 Å². The molecule has 1 aromatic heterocycles. The molecule has 0 fully saturated rings. The van der Waals surface area contributed by atoms with Crippen LogP contribution in [0.2, 0.25) is 0 Å². The first-order valence-electron chi connectivity index (χ1n) is 5.28. The van der Waals surface area contributed by atoms with Crippen LogP contribution in [0.1, 0.15) is 4.88 Å². The number of hydrogen-bond acceptors (Lipinski definition) is 4. The second-order valence-corrected chi connectivity index (χ2v) is 8.98. The second kappa shape index (κ2) is 6.10. The lowest BCUT2D eigenvalue weighted by molar-refractivity contribution is 0.554. The van der Waals surface area contributed by atoms with E-state index in [1.807, 2.05) is 6.07 Å². The average molecular weight is 444 g/mol. The van der Waals surface area contributed by atoms with Gasteiger partial charge in [-0.25, -0.2) is 17.5 Å². The molecule has 3 N–H and O–H groups in total. The Hall–Kier alpha value is -0.480. The Morgan fingerprint density at radius 1 is 1.30 bits per heavy atom. The van der Waals surface area contributed by atoms with Crippen molar-refractivity contribution in [3.8, 4) is 0 Å². The first kappa shape index (κ1) is 15.9. The van der Waals surface area contributed by atoms with Gasteiger partial charge in [-0.2, -0.15) is 0 Å². The molecule has 0 unspecified atom stereocenters. The molecule has 20 heavy (non-hydrogen) atoms. The second-order valence-electron chi connectivity index (χ2n) is 3.85. The summed E-state index contributed by atoms with van der Waals surface area (Å²) in [4.78, 5) is 0.337. The monoisotopic (exact) mass is 442 g/mol. The predicted octanol–water partition coefficient (Wildman–Crippen LogP) is 3.47. The summed E-state index contributed by atoms with van der Waals surface area (Å²) in [6, 6.07) is 5.99. The van der Waals surface area contributed by atoms with Gasteiger partial charge in [-0.1, -0.05) is 0 Å². The SMILES string of the molecule is Nc1cc(Br)c(F)c(S(=O)(=O)NCc2ccc(Br)s2)c1. The van der Waals surface area contributed by atoms with Gasteiger partial charge in [0.2, 0.25) is 10.0 Å². The molecule has 0 spiro atoms. The van der Waals surface area contributed by atoms with Crippen molar-refractivity contribution in [2.45, 2.75) is 11.4 Å². The van der Waals surface area contributed by atoms with Gasteiger partial charge in [0.25, 0.3) is 0 Å². The van der Waals surface area contributed by atoms with E-state index in [0.717, 1.165) is 14.7 Å². The maximum absolute atomic E-state index is 13.9. The van der Waals surface area contributed by atoms with E-state index in [1.165, 1.54) is 17.4 Å². The summed E-state index contributed by atoms with van der Waals surface area (Å²) in [5, 5.41) is 0. The molecule has 108 valence electrons. The third-order valence-electron chi connectivity index (χ3n) is 2.37. The van der Waals surface area contributed by atoms with Crippen molar-refractivity contribution in [2.75, 3.05) is 5.73 Å². The zero-order valence-electron chi connectivity index (χ0n) is 9.86. The summed E-state index contributed by atoms with van der Waals surface area (Å²) in [5.74, 6) is -0.862. The maximum atomic E-state index is 13.9. The van der Waals surface area contributed by atoms with E-state index < -0.39 is 20.7 Å². The molecule has 0 saturated heterocycles. The molecule has 0 aliphatic carbocycles. The molecule has 1 aromatic carbocycles. The minimum Gasteiger partial charge on any atom is -0.399 e. The van der Waals surface area contributed by atoms with E-state index in [2.05, 4.69) is 36.6 Å². The van der Waals surface area contributed by atoms with E-state index in [-0.39, 0.29) is 16.7 Å². The third kappa shape index (κ3) is 3.59. The van der Waals surface area contributed by atoms with Crippen molar-refractivity contribution in [3.63, 3.8) is 0 Å². The van der Waals surface area contributed by atoms with Crippen molar-refractivity contribution in [1.82, 2.24) is 4.72 Å². The van der Waals surface area contributed by atoms with Crippen molar-refractivity contribution >= 4 is 58.9 Å². The van der Waals surface area contributed by atoms with Crippen LogP contribution in [0.25, 0.3) is 0 Å². The third-order valence-corrected chi connectivity index (χ3v) is 5.97. The first-order chi connectivity index (χ1) is 9.29. The van der Waals surface area contributed by atoms with E-state index in [4.69, 9.17) is 5.73 Å². The molecule has 2 aromatic rings. The number of benzene rings is 1. The first-order valence-corrected chi connectivity index (χ1v) is 9.16. The number of thiophene rings is 1. The quantitative estimate of drug-likeness (QED) is 0.710. The lowest BCUT2D eigenvalue weighted by Crippen LogP contribution is -2.24. The molecule has 0 bridgehead atoms. The number of nitrogens with one attached hydrogen (secondary N) is 1. The molecule has 0 radical (unpaired) electrons. The summed E-state index contributed by atoms with van der Waals surface area (Å²) in [6.45, 7) is 0.0878. The number of nitrogens with two attached hydrogens (primary N) is 1. The molecule has 4 nitrogen and oxygen atoms in total. The Bertz CT molecular complexity index is 747. The number of halogens is 3. The Morgan fingerprint density at radius 3 is 2.60 bits per heavy atom. The zero-order chi connectivity index (χ0) is 14.9.